The largest absolute Gasteiger partial charge is 0.459 e. The van der Waals surface area contributed by atoms with Crippen LogP contribution < -0.4 is 5.73 Å². The fraction of sp³-hybridized carbons (Fsp3) is 0.938. The fourth-order valence-corrected chi connectivity index (χ4v) is 2.61. The van der Waals surface area contributed by atoms with Crippen LogP contribution in [0.3, 0.4) is 0 Å². The highest BCUT2D eigenvalue weighted by Gasteiger charge is 2.39. The number of carbonyl (C=O) groups is 1. The highest BCUT2D eigenvalue weighted by atomic mass is 16.6. The molecule has 0 rings (SSSR count). The number of esters is 1. The first-order valence-electron chi connectivity index (χ1n) is 7.44. The van der Waals surface area contributed by atoms with E-state index < -0.39 is 5.60 Å². The number of rotatable bonds is 7. The summed E-state index contributed by atoms with van der Waals surface area (Å²) in [5.74, 6) is 0.688. The van der Waals surface area contributed by atoms with Crippen molar-refractivity contribution in [3.63, 3.8) is 0 Å². The van der Waals surface area contributed by atoms with Gasteiger partial charge in [-0.2, -0.15) is 0 Å². The standard InChI is InChI=1S/C16H33NO2/c1-12(2)13(3)16(7,11-15(4,5)6)19-14(18)9-8-10-17/h12-13H,8-11,17H2,1-7H3. The lowest BCUT2D eigenvalue weighted by Gasteiger charge is -2.41. The Morgan fingerprint density at radius 2 is 1.68 bits per heavy atom. The van der Waals surface area contributed by atoms with Crippen molar-refractivity contribution in [3.05, 3.63) is 0 Å². The second-order valence-corrected chi connectivity index (χ2v) is 7.45. The third-order valence-electron chi connectivity index (χ3n) is 3.78. The molecule has 0 spiro atoms. The van der Waals surface area contributed by atoms with E-state index in [1.807, 2.05) is 0 Å². The van der Waals surface area contributed by atoms with Gasteiger partial charge in [0.25, 0.3) is 0 Å². The maximum Gasteiger partial charge on any atom is 0.306 e. The molecule has 3 nitrogen and oxygen atoms in total. The smallest absolute Gasteiger partial charge is 0.306 e. The molecule has 0 aromatic carbocycles. The second kappa shape index (κ2) is 7.28. The Labute approximate surface area is 119 Å². The maximum absolute atomic E-state index is 12.0. The zero-order chi connectivity index (χ0) is 15.3. The molecule has 0 radical (unpaired) electrons. The lowest BCUT2D eigenvalue weighted by Crippen LogP contribution is -2.43. The summed E-state index contributed by atoms with van der Waals surface area (Å²) in [5, 5.41) is 0. The number of hydrogen-bond donors (Lipinski definition) is 1. The summed E-state index contributed by atoms with van der Waals surface area (Å²) in [5.41, 5.74) is 5.17. The quantitative estimate of drug-likeness (QED) is 0.717. The number of ether oxygens (including phenoxy) is 1. The van der Waals surface area contributed by atoms with Crippen LogP contribution in [0.5, 0.6) is 0 Å². The molecule has 0 heterocycles. The Hall–Kier alpha value is -0.570. The molecule has 2 unspecified atom stereocenters. The molecule has 19 heavy (non-hydrogen) atoms. The Morgan fingerprint density at radius 1 is 1.16 bits per heavy atom. The highest BCUT2D eigenvalue weighted by molar-refractivity contribution is 5.69. The summed E-state index contributed by atoms with van der Waals surface area (Å²) in [6.45, 7) is 15.7. The average Bonchev–Trinajstić information content (AvgIpc) is 2.22. The lowest BCUT2D eigenvalue weighted by molar-refractivity contribution is -0.169. The zero-order valence-corrected chi connectivity index (χ0v) is 13.9. The third kappa shape index (κ3) is 6.95. The van der Waals surface area contributed by atoms with Crippen molar-refractivity contribution in [2.24, 2.45) is 23.0 Å². The van der Waals surface area contributed by atoms with E-state index in [9.17, 15) is 4.79 Å². The molecule has 0 aliphatic carbocycles. The predicted octanol–water partition coefficient (Wildman–Crippen LogP) is 3.76. The summed E-state index contributed by atoms with van der Waals surface area (Å²) in [6, 6.07) is 0. The molecule has 2 atom stereocenters. The molecule has 0 saturated carbocycles. The molecule has 0 aromatic heterocycles. The van der Waals surface area contributed by atoms with E-state index in [2.05, 4.69) is 48.5 Å². The summed E-state index contributed by atoms with van der Waals surface area (Å²) < 4.78 is 5.84. The van der Waals surface area contributed by atoms with Crippen LogP contribution in [0.4, 0.5) is 0 Å². The van der Waals surface area contributed by atoms with Gasteiger partial charge in [0.05, 0.1) is 0 Å². The van der Waals surface area contributed by atoms with Crippen LogP contribution >= 0.6 is 0 Å². The van der Waals surface area contributed by atoms with Gasteiger partial charge in [-0.15, -0.1) is 0 Å². The number of carbonyl (C=O) groups excluding carboxylic acids is 1. The van der Waals surface area contributed by atoms with Gasteiger partial charge in [-0.05, 0) is 43.6 Å². The van der Waals surface area contributed by atoms with E-state index in [4.69, 9.17) is 10.5 Å². The lowest BCUT2D eigenvalue weighted by atomic mass is 9.73. The van der Waals surface area contributed by atoms with Crippen LogP contribution in [0.15, 0.2) is 0 Å². The van der Waals surface area contributed by atoms with Gasteiger partial charge in [-0.1, -0.05) is 41.5 Å². The minimum atomic E-state index is -0.405. The monoisotopic (exact) mass is 271 g/mol. The van der Waals surface area contributed by atoms with Crippen molar-refractivity contribution < 1.29 is 9.53 Å². The van der Waals surface area contributed by atoms with Gasteiger partial charge in [0.1, 0.15) is 5.60 Å². The summed E-state index contributed by atoms with van der Waals surface area (Å²) in [6.07, 6.45) is 1.98. The Morgan fingerprint density at radius 3 is 2.05 bits per heavy atom. The molecule has 2 N–H and O–H groups in total. The van der Waals surface area contributed by atoms with Crippen molar-refractivity contribution in [1.29, 1.82) is 0 Å². The van der Waals surface area contributed by atoms with Crippen LogP contribution in [0.25, 0.3) is 0 Å². The summed E-state index contributed by atoms with van der Waals surface area (Å²) in [7, 11) is 0. The molecular formula is C16H33NO2. The first-order valence-corrected chi connectivity index (χ1v) is 7.44. The SMILES string of the molecule is CC(C)C(C)C(C)(CC(C)(C)C)OC(=O)CCCN. The van der Waals surface area contributed by atoms with Crippen molar-refractivity contribution in [3.8, 4) is 0 Å². The van der Waals surface area contributed by atoms with Crippen molar-refractivity contribution in [2.45, 2.75) is 73.3 Å². The molecule has 0 aliphatic heterocycles. The van der Waals surface area contributed by atoms with Crippen LogP contribution in [0, 0.1) is 17.3 Å². The molecule has 0 aliphatic rings. The van der Waals surface area contributed by atoms with Crippen molar-refractivity contribution in [2.75, 3.05) is 6.54 Å². The van der Waals surface area contributed by atoms with Crippen LogP contribution in [-0.4, -0.2) is 18.1 Å². The Bertz CT molecular complexity index is 281. The normalized spacial score (nSPS) is 17.1. The van der Waals surface area contributed by atoms with E-state index in [-0.39, 0.29) is 11.4 Å². The van der Waals surface area contributed by atoms with E-state index in [1.54, 1.807) is 0 Å². The molecule has 3 heteroatoms. The van der Waals surface area contributed by atoms with E-state index >= 15 is 0 Å². The van der Waals surface area contributed by atoms with E-state index in [0.717, 1.165) is 6.42 Å². The van der Waals surface area contributed by atoms with E-state index in [1.165, 1.54) is 0 Å². The fourth-order valence-electron chi connectivity index (χ4n) is 2.61. The second-order valence-electron chi connectivity index (χ2n) is 7.45. The van der Waals surface area contributed by atoms with Gasteiger partial charge in [-0.3, -0.25) is 4.79 Å². The third-order valence-corrected chi connectivity index (χ3v) is 3.78. The van der Waals surface area contributed by atoms with Crippen LogP contribution in [0.2, 0.25) is 0 Å². The van der Waals surface area contributed by atoms with Crippen LogP contribution in [0.1, 0.15) is 67.7 Å². The van der Waals surface area contributed by atoms with Crippen molar-refractivity contribution in [1.82, 2.24) is 0 Å². The Balaban J connectivity index is 4.90. The molecule has 0 fully saturated rings. The molecule has 114 valence electrons. The molecule has 0 aromatic rings. The molecular weight excluding hydrogens is 238 g/mol. The van der Waals surface area contributed by atoms with Crippen molar-refractivity contribution >= 4 is 5.97 Å². The maximum atomic E-state index is 12.0. The number of nitrogens with two attached hydrogens (primary N) is 1. The van der Waals surface area contributed by atoms with Gasteiger partial charge in [0.2, 0.25) is 0 Å². The first kappa shape index (κ1) is 18.4. The summed E-state index contributed by atoms with van der Waals surface area (Å²) in [4.78, 5) is 12.0. The summed E-state index contributed by atoms with van der Waals surface area (Å²) >= 11 is 0. The van der Waals surface area contributed by atoms with Gasteiger partial charge in [0, 0.05) is 6.42 Å². The van der Waals surface area contributed by atoms with Gasteiger partial charge in [0.15, 0.2) is 0 Å². The van der Waals surface area contributed by atoms with Crippen LogP contribution in [-0.2, 0) is 9.53 Å². The van der Waals surface area contributed by atoms with Gasteiger partial charge >= 0.3 is 5.97 Å². The zero-order valence-electron chi connectivity index (χ0n) is 13.9. The highest BCUT2D eigenvalue weighted by Crippen LogP contribution is 2.38. The average molecular weight is 271 g/mol. The Kier molecular flexibility index (Phi) is 7.06. The topological polar surface area (TPSA) is 52.3 Å². The van der Waals surface area contributed by atoms with Gasteiger partial charge in [-0.25, -0.2) is 0 Å². The minimum absolute atomic E-state index is 0.121. The molecule has 0 saturated heterocycles. The molecule has 0 bridgehead atoms. The van der Waals surface area contributed by atoms with E-state index in [0.29, 0.717) is 31.2 Å². The predicted molar refractivity (Wildman–Crippen MR) is 80.9 cm³/mol. The number of hydrogen-bond acceptors (Lipinski definition) is 3. The molecule has 0 amide bonds. The minimum Gasteiger partial charge on any atom is -0.459 e. The first-order chi connectivity index (χ1) is 8.52. The van der Waals surface area contributed by atoms with Gasteiger partial charge < -0.3 is 10.5 Å².